The zero-order chi connectivity index (χ0) is 23.2. The van der Waals surface area contributed by atoms with Crippen molar-refractivity contribution in [1.29, 1.82) is 0 Å². The smallest absolute Gasteiger partial charge is 0.203 e. The number of hydrogen-bond donors (Lipinski definition) is 2. The minimum Gasteiger partial charge on any atom is -0.493 e. The molecule has 0 unspecified atom stereocenters. The SMILES string of the molecule is CCOCCOCc1cccc(CNC(=NC)NCc2cc(OC)c(OC)c(OC)c2)c1.I. The fourth-order valence-electron chi connectivity index (χ4n) is 3.11. The monoisotopic (exact) mass is 573 g/mol. The molecule has 0 aliphatic carbocycles. The van der Waals surface area contributed by atoms with E-state index in [9.17, 15) is 0 Å². The molecule has 0 aliphatic heterocycles. The number of ether oxygens (including phenoxy) is 5. The summed E-state index contributed by atoms with van der Waals surface area (Å²) < 4.78 is 27.2. The van der Waals surface area contributed by atoms with Crippen molar-refractivity contribution < 1.29 is 23.7 Å². The second kappa shape index (κ2) is 16.4. The summed E-state index contributed by atoms with van der Waals surface area (Å²) in [5, 5.41) is 6.65. The van der Waals surface area contributed by atoms with Crippen molar-refractivity contribution in [2.24, 2.45) is 4.99 Å². The van der Waals surface area contributed by atoms with Gasteiger partial charge in [0.05, 0.1) is 41.2 Å². The van der Waals surface area contributed by atoms with Gasteiger partial charge in [-0.05, 0) is 35.7 Å². The van der Waals surface area contributed by atoms with Crippen LogP contribution in [0.3, 0.4) is 0 Å². The molecule has 0 amide bonds. The molecule has 2 aromatic rings. The van der Waals surface area contributed by atoms with Gasteiger partial charge in [0.1, 0.15) is 0 Å². The minimum atomic E-state index is 0. The molecular formula is C24H36IN3O5. The van der Waals surface area contributed by atoms with Gasteiger partial charge in [-0.15, -0.1) is 24.0 Å². The minimum absolute atomic E-state index is 0. The number of hydrogen-bond acceptors (Lipinski definition) is 6. The third-order valence-electron chi connectivity index (χ3n) is 4.70. The molecule has 0 atom stereocenters. The van der Waals surface area contributed by atoms with E-state index < -0.39 is 0 Å². The maximum Gasteiger partial charge on any atom is 0.203 e. The first kappa shape index (κ1) is 28.8. The summed E-state index contributed by atoms with van der Waals surface area (Å²) in [6.45, 7) is 5.64. The average Bonchev–Trinajstić information content (AvgIpc) is 2.83. The van der Waals surface area contributed by atoms with Gasteiger partial charge in [0.15, 0.2) is 17.5 Å². The van der Waals surface area contributed by atoms with E-state index in [0.717, 1.165) is 16.7 Å². The second-order valence-electron chi connectivity index (χ2n) is 6.88. The van der Waals surface area contributed by atoms with Crippen LogP contribution in [0.1, 0.15) is 23.6 Å². The maximum atomic E-state index is 5.65. The van der Waals surface area contributed by atoms with Crippen molar-refractivity contribution in [2.45, 2.75) is 26.6 Å². The first-order chi connectivity index (χ1) is 15.6. The highest BCUT2D eigenvalue weighted by Crippen LogP contribution is 2.38. The van der Waals surface area contributed by atoms with Gasteiger partial charge in [0, 0.05) is 26.7 Å². The molecule has 2 rings (SSSR count). The molecule has 0 fully saturated rings. The van der Waals surface area contributed by atoms with E-state index in [1.165, 1.54) is 0 Å². The first-order valence-corrected chi connectivity index (χ1v) is 10.6. The Morgan fingerprint density at radius 2 is 1.42 bits per heavy atom. The van der Waals surface area contributed by atoms with E-state index in [2.05, 4.69) is 33.8 Å². The topological polar surface area (TPSA) is 82.6 Å². The Balaban J connectivity index is 0.00000544. The number of nitrogens with one attached hydrogen (secondary N) is 2. The first-order valence-electron chi connectivity index (χ1n) is 10.6. The van der Waals surface area contributed by atoms with Gasteiger partial charge in [-0.3, -0.25) is 4.99 Å². The van der Waals surface area contributed by atoms with Crippen molar-refractivity contribution in [3.8, 4) is 17.2 Å². The summed E-state index contributed by atoms with van der Waals surface area (Å²) >= 11 is 0. The number of aliphatic imine (C=N–C) groups is 1. The van der Waals surface area contributed by atoms with E-state index in [-0.39, 0.29) is 24.0 Å². The predicted octanol–water partition coefficient (Wildman–Crippen LogP) is 3.75. The van der Waals surface area contributed by atoms with Crippen molar-refractivity contribution in [3.05, 3.63) is 53.1 Å². The molecular weight excluding hydrogens is 537 g/mol. The molecule has 0 aromatic heterocycles. The van der Waals surface area contributed by atoms with Crippen LogP contribution in [0.5, 0.6) is 17.2 Å². The summed E-state index contributed by atoms with van der Waals surface area (Å²) in [6, 6.07) is 12.1. The molecule has 8 nitrogen and oxygen atoms in total. The lowest BCUT2D eigenvalue weighted by atomic mass is 10.1. The molecule has 0 heterocycles. The molecule has 0 aliphatic rings. The van der Waals surface area contributed by atoms with Crippen molar-refractivity contribution in [3.63, 3.8) is 0 Å². The lowest BCUT2D eigenvalue weighted by molar-refractivity contribution is 0.0453. The lowest BCUT2D eigenvalue weighted by Crippen LogP contribution is -2.36. The van der Waals surface area contributed by atoms with Gasteiger partial charge in [-0.25, -0.2) is 0 Å². The Hall–Kier alpha value is -2.24. The second-order valence-corrected chi connectivity index (χ2v) is 6.88. The molecule has 0 saturated heterocycles. The van der Waals surface area contributed by atoms with E-state index >= 15 is 0 Å². The summed E-state index contributed by atoms with van der Waals surface area (Å²) in [5.41, 5.74) is 3.25. The van der Waals surface area contributed by atoms with E-state index in [1.54, 1.807) is 28.4 Å². The lowest BCUT2D eigenvalue weighted by Gasteiger charge is -2.16. The number of rotatable bonds is 13. The Labute approximate surface area is 214 Å². The number of guanidine groups is 1. The zero-order valence-electron chi connectivity index (χ0n) is 20.1. The zero-order valence-corrected chi connectivity index (χ0v) is 22.4. The number of methoxy groups -OCH3 is 3. The van der Waals surface area contributed by atoms with Crippen LogP contribution >= 0.6 is 24.0 Å². The van der Waals surface area contributed by atoms with Gasteiger partial charge >= 0.3 is 0 Å². The summed E-state index contributed by atoms with van der Waals surface area (Å²) in [4.78, 5) is 4.31. The van der Waals surface area contributed by atoms with Crippen LogP contribution in [0.2, 0.25) is 0 Å². The Bertz CT molecular complexity index is 839. The number of halogens is 1. The molecule has 0 saturated carbocycles. The molecule has 184 valence electrons. The van der Waals surface area contributed by atoms with E-state index in [1.807, 2.05) is 25.1 Å². The highest BCUT2D eigenvalue weighted by Gasteiger charge is 2.13. The van der Waals surface area contributed by atoms with Gasteiger partial charge < -0.3 is 34.3 Å². The van der Waals surface area contributed by atoms with Gasteiger partial charge in [-0.2, -0.15) is 0 Å². The van der Waals surface area contributed by atoms with Crippen LogP contribution in [-0.2, 0) is 29.2 Å². The fraction of sp³-hybridized carbons (Fsp3) is 0.458. The van der Waals surface area contributed by atoms with Gasteiger partial charge in [0.2, 0.25) is 5.75 Å². The third kappa shape index (κ3) is 9.65. The highest BCUT2D eigenvalue weighted by molar-refractivity contribution is 14.0. The molecule has 2 N–H and O–H groups in total. The van der Waals surface area contributed by atoms with Crippen LogP contribution in [0.4, 0.5) is 0 Å². The molecule has 0 radical (unpaired) electrons. The molecule has 9 heteroatoms. The number of nitrogens with zero attached hydrogens (tertiary/aromatic N) is 1. The van der Waals surface area contributed by atoms with Crippen LogP contribution in [-0.4, -0.2) is 54.2 Å². The van der Waals surface area contributed by atoms with Crippen molar-refractivity contribution >= 4 is 29.9 Å². The van der Waals surface area contributed by atoms with Crippen molar-refractivity contribution in [1.82, 2.24) is 10.6 Å². The van der Waals surface area contributed by atoms with Gasteiger partial charge in [-0.1, -0.05) is 24.3 Å². The number of benzene rings is 2. The van der Waals surface area contributed by atoms with Gasteiger partial charge in [0.25, 0.3) is 0 Å². The van der Waals surface area contributed by atoms with E-state index in [0.29, 0.717) is 62.7 Å². The molecule has 0 bridgehead atoms. The van der Waals surface area contributed by atoms with E-state index in [4.69, 9.17) is 23.7 Å². The summed E-state index contributed by atoms with van der Waals surface area (Å²) in [5.74, 6) is 2.50. The Kier molecular flexibility index (Phi) is 14.3. The molecule has 0 spiro atoms. The van der Waals surface area contributed by atoms with Crippen LogP contribution in [0.25, 0.3) is 0 Å². The average molecular weight is 573 g/mol. The quantitative estimate of drug-likeness (QED) is 0.164. The maximum absolute atomic E-state index is 5.65. The Morgan fingerprint density at radius 3 is 2.00 bits per heavy atom. The third-order valence-corrected chi connectivity index (χ3v) is 4.70. The highest BCUT2D eigenvalue weighted by atomic mass is 127. The molecule has 33 heavy (non-hydrogen) atoms. The fourth-order valence-corrected chi connectivity index (χ4v) is 3.11. The standard InChI is InChI=1S/C24H35N3O5.HI/c1-6-31-10-11-32-17-19-9-7-8-18(12-19)15-26-24(25-2)27-16-20-13-21(28-3)23(30-5)22(14-20)29-4;/h7-9,12-14H,6,10-11,15-17H2,1-5H3,(H2,25,26,27);1H. The largest absolute Gasteiger partial charge is 0.493 e. The summed E-state index contributed by atoms with van der Waals surface area (Å²) in [7, 11) is 6.54. The van der Waals surface area contributed by atoms with Crippen molar-refractivity contribution in [2.75, 3.05) is 48.2 Å². The van der Waals surface area contributed by atoms with Crippen LogP contribution < -0.4 is 24.8 Å². The Morgan fingerprint density at radius 1 is 0.818 bits per heavy atom. The predicted molar refractivity (Wildman–Crippen MR) is 141 cm³/mol. The van der Waals surface area contributed by atoms with Crippen LogP contribution in [0, 0.1) is 0 Å². The summed E-state index contributed by atoms with van der Waals surface area (Å²) in [6.07, 6.45) is 0. The van der Waals surface area contributed by atoms with Crippen LogP contribution in [0.15, 0.2) is 41.4 Å². The molecule has 2 aromatic carbocycles. The normalized spacial score (nSPS) is 10.9.